The number of rotatable bonds is 6. The Hall–Kier alpha value is -2.58. The minimum absolute atomic E-state index is 0.0615. The van der Waals surface area contributed by atoms with Gasteiger partial charge >= 0.3 is 0 Å². The molecule has 0 saturated carbocycles. The summed E-state index contributed by atoms with van der Waals surface area (Å²) in [7, 11) is -3.50. The van der Waals surface area contributed by atoms with E-state index in [1.54, 1.807) is 30.5 Å². The highest BCUT2D eigenvalue weighted by Gasteiger charge is 2.15. The van der Waals surface area contributed by atoms with Gasteiger partial charge in [0.1, 0.15) is 5.69 Å². The van der Waals surface area contributed by atoms with Crippen molar-refractivity contribution in [2.45, 2.75) is 19.2 Å². The SMILES string of the molecule is Cc1ccccc1CS(=O)(=O)NCc1nnc(-c2ccccn2)o1. The van der Waals surface area contributed by atoms with Crippen LogP contribution in [0.3, 0.4) is 0 Å². The Morgan fingerprint density at radius 3 is 2.62 bits per heavy atom. The third kappa shape index (κ3) is 4.03. The molecule has 0 saturated heterocycles. The fourth-order valence-corrected chi connectivity index (χ4v) is 3.30. The Balaban J connectivity index is 1.65. The van der Waals surface area contributed by atoms with Crippen molar-refractivity contribution in [3.63, 3.8) is 0 Å². The van der Waals surface area contributed by atoms with Gasteiger partial charge in [0.15, 0.2) is 0 Å². The molecule has 0 amide bonds. The number of benzene rings is 1. The monoisotopic (exact) mass is 344 g/mol. The summed E-state index contributed by atoms with van der Waals surface area (Å²) in [6, 6.07) is 12.7. The van der Waals surface area contributed by atoms with E-state index in [1.165, 1.54) is 0 Å². The van der Waals surface area contributed by atoms with E-state index < -0.39 is 10.0 Å². The van der Waals surface area contributed by atoms with Gasteiger partial charge in [-0.2, -0.15) is 0 Å². The van der Waals surface area contributed by atoms with Crippen LogP contribution in [-0.4, -0.2) is 23.6 Å². The first-order chi connectivity index (χ1) is 11.5. The highest BCUT2D eigenvalue weighted by atomic mass is 32.2. The maximum absolute atomic E-state index is 12.2. The van der Waals surface area contributed by atoms with Gasteiger partial charge in [-0.3, -0.25) is 4.98 Å². The second-order valence-electron chi connectivity index (χ2n) is 5.22. The Bertz CT molecular complexity index is 923. The van der Waals surface area contributed by atoms with Gasteiger partial charge in [-0.1, -0.05) is 30.3 Å². The smallest absolute Gasteiger partial charge is 0.266 e. The lowest BCUT2D eigenvalue weighted by molar-refractivity contribution is 0.493. The van der Waals surface area contributed by atoms with Crippen molar-refractivity contribution in [2.24, 2.45) is 0 Å². The molecule has 0 aliphatic carbocycles. The van der Waals surface area contributed by atoms with Crippen molar-refractivity contribution in [3.05, 3.63) is 65.7 Å². The van der Waals surface area contributed by atoms with Crippen LogP contribution < -0.4 is 4.72 Å². The largest absolute Gasteiger partial charge is 0.418 e. The normalized spacial score (nSPS) is 11.5. The summed E-state index contributed by atoms with van der Waals surface area (Å²) >= 11 is 0. The molecule has 3 rings (SSSR count). The first-order valence-corrected chi connectivity index (χ1v) is 8.94. The lowest BCUT2D eigenvalue weighted by Crippen LogP contribution is -2.25. The Morgan fingerprint density at radius 2 is 1.88 bits per heavy atom. The quantitative estimate of drug-likeness (QED) is 0.735. The van der Waals surface area contributed by atoms with E-state index in [1.807, 2.05) is 25.1 Å². The molecule has 0 atom stereocenters. The van der Waals surface area contributed by atoms with Crippen LogP contribution in [0.15, 0.2) is 53.1 Å². The van der Waals surface area contributed by atoms with Gasteiger partial charge in [0.2, 0.25) is 15.9 Å². The van der Waals surface area contributed by atoms with Crippen molar-refractivity contribution in [1.82, 2.24) is 19.9 Å². The molecule has 0 aliphatic heterocycles. The van der Waals surface area contributed by atoms with E-state index in [4.69, 9.17) is 4.42 Å². The summed E-state index contributed by atoms with van der Waals surface area (Å²) in [5.74, 6) is 0.341. The molecule has 3 aromatic rings. The fraction of sp³-hybridized carbons (Fsp3) is 0.188. The van der Waals surface area contributed by atoms with E-state index in [2.05, 4.69) is 19.9 Å². The van der Waals surface area contributed by atoms with Crippen LogP contribution in [0.4, 0.5) is 0 Å². The third-order valence-electron chi connectivity index (χ3n) is 3.40. The van der Waals surface area contributed by atoms with Gasteiger partial charge in [0.05, 0.1) is 12.3 Å². The minimum Gasteiger partial charge on any atom is -0.418 e. The molecule has 124 valence electrons. The highest BCUT2D eigenvalue weighted by Crippen LogP contribution is 2.15. The molecular formula is C16H16N4O3S. The minimum atomic E-state index is -3.50. The van der Waals surface area contributed by atoms with Crippen molar-refractivity contribution in [3.8, 4) is 11.6 Å². The number of aromatic nitrogens is 3. The molecule has 24 heavy (non-hydrogen) atoms. The zero-order valence-corrected chi connectivity index (χ0v) is 13.8. The Kier molecular flexibility index (Phi) is 4.68. The molecule has 0 radical (unpaired) electrons. The fourth-order valence-electron chi connectivity index (χ4n) is 2.12. The average molecular weight is 344 g/mol. The van der Waals surface area contributed by atoms with Gasteiger partial charge in [0.25, 0.3) is 5.89 Å². The summed E-state index contributed by atoms with van der Waals surface area (Å²) in [4.78, 5) is 4.10. The first kappa shape index (κ1) is 16.3. The topological polar surface area (TPSA) is 98.0 Å². The van der Waals surface area contributed by atoms with Crippen LogP contribution in [0.25, 0.3) is 11.6 Å². The highest BCUT2D eigenvalue weighted by molar-refractivity contribution is 7.88. The number of nitrogens with one attached hydrogen (secondary N) is 1. The zero-order chi connectivity index (χ0) is 17.0. The molecular weight excluding hydrogens is 328 g/mol. The molecule has 0 spiro atoms. The number of hydrogen-bond donors (Lipinski definition) is 1. The van der Waals surface area contributed by atoms with Crippen molar-refractivity contribution < 1.29 is 12.8 Å². The lowest BCUT2D eigenvalue weighted by Gasteiger charge is -2.07. The van der Waals surface area contributed by atoms with Crippen LogP contribution in [0, 0.1) is 6.92 Å². The van der Waals surface area contributed by atoms with Crippen LogP contribution in [-0.2, 0) is 22.3 Å². The third-order valence-corrected chi connectivity index (χ3v) is 4.68. The Labute approximate surface area is 139 Å². The van der Waals surface area contributed by atoms with E-state index in [0.29, 0.717) is 5.69 Å². The Morgan fingerprint density at radius 1 is 1.08 bits per heavy atom. The molecule has 2 heterocycles. The summed E-state index contributed by atoms with van der Waals surface area (Å²) in [5, 5.41) is 7.71. The molecule has 0 bridgehead atoms. The number of aryl methyl sites for hydroxylation is 1. The first-order valence-electron chi connectivity index (χ1n) is 7.29. The number of nitrogens with zero attached hydrogens (tertiary/aromatic N) is 3. The van der Waals surface area contributed by atoms with E-state index in [0.717, 1.165) is 11.1 Å². The molecule has 7 nitrogen and oxygen atoms in total. The van der Waals surface area contributed by atoms with E-state index in [-0.39, 0.29) is 24.1 Å². The molecule has 0 fully saturated rings. The molecule has 0 aliphatic rings. The summed E-state index contributed by atoms with van der Waals surface area (Å²) in [6.45, 7) is 1.82. The van der Waals surface area contributed by atoms with Crippen molar-refractivity contribution >= 4 is 10.0 Å². The van der Waals surface area contributed by atoms with Crippen LogP contribution >= 0.6 is 0 Å². The van der Waals surface area contributed by atoms with E-state index >= 15 is 0 Å². The van der Waals surface area contributed by atoms with Crippen molar-refractivity contribution in [1.29, 1.82) is 0 Å². The van der Waals surface area contributed by atoms with Gasteiger partial charge in [-0.15, -0.1) is 10.2 Å². The molecule has 1 aromatic carbocycles. The maximum Gasteiger partial charge on any atom is 0.266 e. The van der Waals surface area contributed by atoms with Gasteiger partial charge in [-0.25, -0.2) is 13.1 Å². The van der Waals surface area contributed by atoms with Crippen LogP contribution in [0.5, 0.6) is 0 Å². The second-order valence-corrected chi connectivity index (χ2v) is 7.03. The lowest BCUT2D eigenvalue weighted by atomic mass is 10.1. The van der Waals surface area contributed by atoms with Gasteiger partial charge in [0, 0.05) is 6.20 Å². The number of hydrogen-bond acceptors (Lipinski definition) is 6. The summed E-state index contributed by atoms with van der Waals surface area (Å²) in [5.41, 5.74) is 2.22. The number of sulfonamides is 1. The standard InChI is InChI=1S/C16H16N4O3S/c1-12-6-2-3-7-13(12)11-24(21,22)18-10-15-19-20-16(23-15)14-8-4-5-9-17-14/h2-9,18H,10-11H2,1H3. The predicted octanol–water partition coefficient (Wildman–Crippen LogP) is 2.06. The van der Waals surface area contributed by atoms with Crippen LogP contribution in [0.1, 0.15) is 17.0 Å². The van der Waals surface area contributed by atoms with Gasteiger partial charge < -0.3 is 4.42 Å². The van der Waals surface area contributed by atoms with Gasteiger partial charge in [-0.05, 0) is 30.2 Å². The summed E-state index contributed by atoms with van der Waals surface area (Å²) < 4.78 is 32.3. The molecule has 1 N–H and O–H groups in total. The second kappa shape index (κ2) is 6.90. The van der Waals surface area contributed by atoms with Crippen LogP contribution in [0.2, 0.25) is 0 Å². The predicted molar refractivity (Wildman–Crippen MR) is 88.2 cm³/mol. The van der Waals surface area contributed by atoms with E-state index in [9.17, 15) is 8.42 Å². The maximum atomic E-state index is 12.2. The average Bonchev–Trinajstić information content (AvgIpc) is 3.05. The molecule has 2 aromatic heterocycles. The zero-order valence-electron chi connectivity index (χ0n) is 13.0. The number of pyridine rings is 1. The van der Waals surface area contributed by atoms with Crippen molar-refractivity contribution in [2.75, 3.05) is 0 Å². The summed E-state index contributed by atoms with van der Waals surface area (Å²) in [6.07, 6.45) is 1.62. The molecule has 0 unspecified atom stereocenters. The molecule has 8 heteroatoms.